The number of hydrogen-bond acceptors (Lipinski definition) is 1. The first-order valence-corrected chi connectivity index (χ1v) is 7.75. The van der Waals surface area contributed by atoms with Gasteiger partial charge >= 0.3 is 0 Å². The van der Waals surface area contributed by atoms with E-state index in [1.807, 2.05) is 24.3 Å². The number of para-hydroxylation sites is 2. The van der Waals surface area contributed by atoms with Gasteiger partial charge in [0.15, 0.2) is 5.11 Å². The molecule has 0 aliphatic carbocycles. The lowest BCUT2D eigenvalue weighted by Gasteiger charge is -2.18. The summed E-state index contributed by atoms with van der Waals surface area (Å²) in [6, 6.07) is 16.5. The maximum atomic E-state index is 5.44. The van der Waals surface area contributed by atoms with Gasteiger partial charge in [-0.15, -0.1) is 0 Å². The van der Waals surface area contributed by atoms with Crippen molar-refractivity contribution in [3.63, 3.8) is 0 Å². The van der Waals surface area contributed by atoms with Crippen LogP contribution in [0.5, 0.6) is 0 Å². The van der Waals surface area contributed by atoms with Gasteiger partial charge in [0.1, 0.15) is 0 Å². The summed E-state index contributed by atoms with van der Waals surface area (Å²) in [6.45, 7) is 6.50. The van der Waals surface area contributed by atoms with Crippen molar-refractivity contribution in [3.8, 4) is 0 Å². The molecule has 1 unspecified atom stereocenters. The highest BCUT2D eigenvalue weighted by Crippen LogP contribution is 2.26. The van der Waals surface area contributed by atoms with Gasteiger partial charge in [0.05, 0.1) is 0 Å². The van der Waals surface area contributed by atoms with Crippen molar-refractivity contribution < 1.29 is 0 Å². The van der Waals surface area contributed by atoms with Crippen molar-refractivity contribution in [1.82, 2.24) is 0 Å². The van der Waals surface area contributed by atoms with Gasteiger partial charge in [0.2, 0.25) is 0 Å². The Labute approximate surface area is 132 Å². The lowest BCUT2D eigenvalue weighted by Crippen LogP contribution is -2.20. The fraction of sp³-hybridized carbons (Fsp3) is 0.278. The number of nitrogens with one attached hydrogen (secondary N) is 2. The maximum Gasteiger partial charge on any atom is 0.175 e. The minimum Gasteiger partial charge on any atom is -0.332 e. The van der Waals surface area contributed by atoms with Crippen molar-refractivity contribution in [2.24, 2.45) is 0 Å². The fourth-order valence-electron chi connectivity index (χ4n) is 2.25. The molecule has 2 nitrogen and oxygen atoms in total. The topological polar surface area (TPSA) is 24.1 Å². The molecule has 1 atom stereocenters. The van der Waals surface area contributed by atoms with E-state index in [1.165, 1.54) is 11.1 Å². The number of thiocarbonyl (C=S) groups is 1. The van der Waals surface area contributed by atoms with Crippen molar-refractivity contribution >= 4 is 28.7 Å². The number of anilines is 2. The van der Waals surface area contributed by atoms with Crippen LogP contribution in [0.4, 0.5) is 11.4 Å². The number of hydrogen-bond donors (Lipinski definition) is 2. The lowest BCUT2D eigenvalue weighted by molar-refractivity contribution is 0.736. The first-order chi connectivity index (χ1) is 10.1. The van der Waals surface area contributed by atoms with Crippen LogP contribution in [0.3, 0.4) is 0 Å². The Morgan fingerprint density at radius 1 is 1.00 bits per heavy atom. The molecule has 0 amide bonds. The smallest absolute Gasteiger partial charge is 0.175 e. The molecule has 3 heteroatoms. The summed E-state index contributed by atoms with van der Waals surface area (Å²) < 4.78 is 0. The van der Waals surface area contributed by atoms with Crippen molar-refractivity contribution in [1.29, 1.82) is 0 Å². The van der Waals surface area contributed by atoms with Crippen LogP contribution < -0.4 is 10.6 Å². The molecule has 2 aromatic carbocycles. The Hall–Kier alpha value is -1.87. The number of rotatable bonds is 4. The summed E-state index contributed by atoms with van der Waals surface area (Å²) in [5, 5.41) is 7.21. The Morgan fingerprint density at radius 3 is 2.24 bits per heavy atom. The van der Waals surface area contributed by atoms with Gasteiger partial charge in [0.25, 0.3) is 0 Å². The van der Waals surface area contributed by atoms with E-state index in [-0.39, 0.29) is 0 Å². The zero-order valence-corrected chi connectivity index (χ0v) is 13.6. The third-order valence-electron chi connectivity index (χ3n) is 3.75. The van der Waals surface area contributed by atoms with E-state index in [2.05, 4.69) is 55.7 Å². The fourth-order valence-corrected chi connectivity index (χ4v) is 2.47. The van der Waals surface area contributed by atoms with E-state index in [1.54, 1.807) is 0 Å². The molecule has 0 heterocycles. The Balaban J connectivity index is 2.12. The van der Waals surface area contributed by atoms with E-state index in [9.17, 15) is 0 Å². The predicted molar refractivity (Wildman–Crippen MR) is 96.2 cm³/mol. The quantitative estimate of drug-likeness (QED) is 0.747. The van der Waals surface area contributed by atoms with Crippen LogP contribution in [0.25, 0.3) is 0 Å². The normalized spacial score (nSPS) is 11.8. The van der Waals surface area contributed by atoms with Crippen molar-refractivity contribution in [2.75, 3.05) is 10.6 Å². The molecule has 0 aliphatic rings. The lowest BCUT2D eigenvalue weighted by atomic mass is 9.97. The third-order valence-corrected chi connectivity index (χ3v) is 3.95. The molecule has 0 aliphatic heterocycles. The van der Waals surface area contributed by atoms with E-state index < -0.39 is 0 Å². The standard InChI is InChI=1S/C18H22N2S/c1-4-13(2)15-10-6-8-12-17(15)20-18(21)19-16-11-7-5-9-14(16)3/h5-13H,4H2,1-3H3,(H2,19,20,21). The molecule has 0 saturated heterocycles. The molecule has 2 rings (SSSR count). The first kappa shape index (κ1) is 15.5. The molecule has 110 valence electrons. The number of aryl methyl sites for hydroxylation is 1. The number of benzene rings is 2. The predicted octanol–water partition coefficient (Wildman–Crippen LogP) is 5.32. The highest BCUT2D eigenvalue weighted by Gasteiger charge is 2.09. The van der Waals surface area contributed by atoms with Gasteiger partial charge < -0.3 is 10.6 Å². The maximum absolute atomic E-state index is 5.44. The summed E-state index contributed by atoms with van der Waals surface area (Å²) in [5.41, 5.74) is 4.60. The van der Waals surface area contributed by atoms with E-state index >= 15 is 0 Å². The average Bonchev–Trinajstić information content (AvgIpc) is 2.49. The van der Waals surface area contributed by atoms with Crippen LogP contribution in [0.2, 0.25) is 0 Å². The molecule has 0 bridgehead atoms. The molecule has 0 fully saturated rings. The second kappa shape index (κ2) is 7.23. The summed E-state index contributed by atoms with van der Waals surface area (Å²) >= 11 is 5.44. The van der Waals surface area contributed by atoms with Gasteiger partial charge in [-0.2, -0.15) is 0 Å². The molecular formula is C18H22N2S. The Kier molecular flexibility index (Phi) is 5.34. The van der Waals surface area contributed by atoms with Crippen LogP contribution in [-0.2, 0) is 0 Å². The van der Waals surface area contributed by atoms with Crippen LogP contribution in [0.1, 0.15) is 37.3 Å². The summed E-state index contributed by atoms with van der Waals surface area (Å²) in [5.74, 6) is 0.509. The minimum atomic E-state index is 0.509. The molecule has 0 spiro atoms. The third kappa shape index (κ3) is 4.05. The highest BCUT2D eigenvalue weighted by atomic mass is 32.1. The van der Waals surface area contributed by atoms with Crippen LogP contribution >= 0.6 is 12.2 Å². The molecule has 0 saturated carbocycles. The molecule has 21 heavy (non-hydrogen) atoms. The molecular weight excluding hydrogens is 276 g/mol. The monoisotopic (exact) mass is 298 g/mol. The van der Waals surface area contributed by atoms with Crippen molar-refractivity contribution in [3.05, 3.63) is 59.7 Å². The van der Waals surface area contributed by atoms with Crippen LogP contribution in [-0.4, -0.2) is 5.11 Å². The van der Waals surface area contributed by atoms with E-state index in [0.29, 0.717) is 11.0 Å². The summed E-state index contributed by atoms with van der Waals surface area (Å²) in [6.07, 6.45) is 1.11. The molecule has 2 N–H and O–H groups in total. The van der Waals surface area contributed by atoms with Gasteiger partial charge in [-0.05, 0) is 54.7 Å². The molecule has 0 radical (unpaired) electrons. The molecule has 2 aromatic rings. The SMILES string of the molecule is CCC(C)c1ccccc1NC(=S)Nc1ccccc1C. The zero-order chi connectivity index (χ0) is 15.2. The Morgan fingerprint density at radius 2 is 1.57 bits per heavy atom. The Bertz CT molecular complexity index is 622. The van der Waals surface area contributed by atoms with E-state index in [4.69, 9.17) is 12.2 Å². The molecule has 0 aromatic heterocycles. The minimum absolute atomic E-state index is 0.509. The summed E-state index contributed by atoms with van der Waals surface area (Å²) in [7, 11) is 0. The first-order valence-electron chi connectivity index (χ1n) is 7.34. The van der Waals surface area contributed by atoms with Gasteiger partial charge in [0, 0.05) is 11.4 Å². The summed E-state index contributed by atoms with van der Waals surface area (Å²) in [4.78, 5) is 0. The van der Waals surface area contributed by atoms with Gasteiger partial charge in [-0.3, -0.25) is 0 Å². The highest BCUT2D eigenvalue weighted by molar-refractivity contribution is 7.80. The van der Waals surface area contributed by atoms with Gasteiger partial charge in [-0.1, -0.05) is 50.2 Å². The largest absolute Gasteiger partial charge is 0.332 e. The van der Waals surface area contributed by atoms with Crippen LogP contribution in [0, 0.1) is 6.92 Å². The second-order valence-corrected chi connectivity index (χ2v) is 5.70. The van der Waals surface area contributed by atoms with Gasteiger partial charge in [-0.25, -0.2) is 0 Å². The van der Waals surface area contributed by atoms with E-state index in [0.717, 1.165) is 17.8 Å². The van der Waals surface area contributed by atoms with Crippen molar-refractivity contribution in [2.45, 2.75) is 33.1 Å². The zero-order valence-electron chi connectivity index (χ0n) is 12.8. The average molecular weight is 298 g/mol. The van der Waals surface area contributed by atoms with Crippen LogP contribution in [0.15, 0.2) is 48.5 Å². The second-order valence-electron chi connectivity index (χ2n) is 5.29.